The first kappa shape index (κ1) is 28.7. The van der Waals surface area contributed by atoms with Crippen LogP contribution in [0.2, 0.25) is 10.0 Å². The van der Waals surface area contributed by atoms with Crippen LogP contribution in [0, 0.1) is 37.8 Å². The Hall–Kier alpha value is -3.88. The fourth-order valence-corrected chi connectivity index (χ4v) is 3.76. The van der Waals surface area contributed by atoms with Crippen LogP contribution in [0.1, 0.15) is 33.6 Å². The van der Waals surface area contributed by atoms with Crippen molar-refractivity contribution in [2.75, 3.05) is 5.73 Å². The zero-order valence-electron chi connectivity index (χ0n) is 21.5. The standard InChI is InChI=1S/C14H13ClN2O3.C14H15ClN2O/c1-9-5-3-4-6-11(9)8-20-14-12(15)7-13(17(18)19)10(2)16-14;1-9-5-3-4-6-11(9)8-18-14-12(15)7-13(16)10(2)17-14/h3-7H,8H2,1-2H3;3-7H,8,16H2,1-2H3. The lowest BCUT2D eigenvalue weighted by Gasteiger charge is -2.10. The highest BCUT2D eigenvalue weighted by Crippen LogP contribution is 2.30. The van der Waals surface area contributed by atoms with Crippen LogP contribution in [-0.2, 0) is 13.2 Å². The van der Waals surface area contributed by atoms with Crippen LogP contribution < -0.4 is 15.2 Å². The number of nitrogen functional groups attached to an aromatic ring is 1. The van der Waals surface area contributed by atoms with E-state index in [1.165, 1.54) is 11.6 Å². The number of nitro groups is 1. The van der Waals surface area contributed by atoms with E-state index < -0.39 is 4.92 Å². The van der Waals surface area contributed by atoms with Crippen LogP contribution in [0.15, 0.2) is 60.7 Å². The van der Waals surface area contributed by atoms with Crippen molar-refractivity contribution in [3.05, 3.63) is 114 Å². The van der Waals surface area contributed by atoms with Gasteiger partial charge in [-0.15, -0.1) is 0 Å². The van der Waals surface area contributed by atoms with Gasteiger partial charge in [-0.2, -0.15) is 0 Å². The van der Waals surface area contributed by atoms with Crippen LogP contribution in [-0.4, -0.2) is 14.9 Å². The van der Waals surface area contributed by atoms with Crippen molar-refractivity contribution in [3.8, 4) is 11.8 Å². The molecule has 38 heavy (non-hydrogen) atoms. The molecular weight excluding hydrogens is 527 g/mol. The number of aryl methyl sites for hydroxylation is 4. The number of nitrogens with two attached hydrogens (primary N) is 1. The van der Waals surface area contributed by atoms with Crippen LogP contribution >= 0.6 is 23.2 Å². The van der Waals surface area contributed by atoms with Crippen LogP contribution in [0.25, 0.3) is 0 Å². The minimum Gasteiger partial charge on any atom is -0.472 e. The molecule has 0 saturated carbocycles. The number of hydrogen-bond acceptors (Lipinski definition) is 7. The molecule has 2 N–H and O–H groups in total. The number of pyridine rings is 2. The summed E-state index contributed by atoms with van der Waals surface area (Å²) < 4.78 is 11.2. The highest BCUT2D eigenvalue weighted by atomic mass is 35.5. The summed E-state index contributed by atoms with van der Waals surface area (Å²) in [7, 11) is 0. The summed E-state index contributed by atoms with van der Waals surface area (Å²) in [5, 5.41) is 11.3. The molecule has 198 valence electrons. The minimum atomic E-state index is -0.515. The van der Waals surface area contributed by atoms with E-state index in [2.05, 4.69) is 9.97 Å². The third-order valence-corrected chi connectivity index (χ3v) is 6.27. The Morgan fingerprint density at radius 2 is 1.24 bits per heavy atom. The Morgan fingerprint density at radius 3 is 1.71 bits per heavy atom. The number of halogens is 2. The van der Waals surface area contributed by atoms with Crippen LogP contribution in [0.4, 0.5) is 11.4 Å². The van der Waals surface area contributed by atoms with Crippen LogP contribution in [0.3, 0.4) is 0 Å². The molecule has 0 saturated heterocycles. The van der Waals surface area contributed by atoms with Gasteiger partial charge in [0.2, 0.25) is 11.8 Å². The Balaban J connectivity index is 0.000000212. The fraction of sp³-hybridized carbons (Fsp3) is 0.214. The van der Waals surface area contributed by atoms with Gasteiger partial charge in [0, 0.05) is 6.07 Å². The molecule has 2 heterocycles. The number of benzene rings is 2. The molecule has 4 rings (SSSR count). The summed E-state index contributed by atoms with van der Waals surface area (Å²) in [4.78, 5) is 18.5. The molecule has 0 bridgehead atoms. The second kappa shape index (κ2) is 13.1. The van der Waals surface area contributed by atoms with E-state index in [1.54, 1.807) is 13.0 Å². The van der Waals surface area contributed by atoms with Gasteiger partial charge in [0.25, 0.3) is 5.69 Å². The maximum absolute atomic E-state index is 10.8. The number of nitrogens with zero attached hydrogens (tertiary/aromatic N) is 3. The van der Waals surface area contributed by atoms with Crippen molar-refractivity contribution < 1.29 is 14.4 Å². The average molecular weight is 555 g/mol. The Morgan fingerprint density at radius 1 is 0.789 bits per heavy atom. The molecule has 0 aliphatic rings. The van der Waals surface area contributed by atoms with Gasteiger partial charge in [-0.25, -0.2) is 9.97 Å². The molecule has 0 radical (unpaired) electrons. The molecular formula is C28H28Cl2N4O4. The summed E-state index contributed by atoms with van der Waals surface area (Å²) in [6.07, 6.45) is 0. The first-order chi connectivity index (χ1) is 18.1. The molecule has 2 aromatic carbocycles. The third kappa shape index (κ3) is 7.57. The number of anilines is 1. The topological polar surface area (TPSA) is 113 Å². The van der Waals surface area contributed by atoms with Gasteiger partial charge in [0.1, 0.15) is 29.0 Å². The second-order valence-corrected chi connectivity index (χ2v) is 9.33. The third-order valence-electron chi connectivity index (χ3n) is 5.73. The van der Waals surface area contributed by atoms with Gasteiger partial charge in [0.05, 0.1) is 16.3 Å². The summed E-state index contributed by atoms with van der Waals surface area (Å²) in [5.74, 6) is 0.629. The van der Waals surface area contributed by atoms with Gasteiger partial charge in [-0.1, -0.05) is 71.7 Å². The lowest BCUT2D eigenvalue weighted by atomic mass is 10.1. The second-order valence-electron chi connectivity index (χ2n) is 8.52. The monoisotopic (exact) mass is 554 g/mol. The van der Waals surface area contributed by atoms with Gasteiger partial charge >= 0.3 is 0 Å². The van der Waals surface area contributed by atoms with Crippen molar-refractivity contribution in [1.82, 2.24) is 9.97 Å². The molecule has 8 nitrogen and oxygen atoms in total. The maximum Gasteiger partial charge on any atom is 0.292 e. The molecule has 10 heteroatoms. The molecule has 0 fully saturated rings. The van der Waals surface area contributed by atoms with E-state index in [1.807, 2.05) is 69.3 Å². The zero-order chi connectivity index (χ0) is 27.8. The van der Waals surface area contributed by atoms with Crippen molar-refractivity contribution in [2.24, 2.45) is 0 Å². The molecule has 0 aliphatic heterocycles. The van der Waals surface area contributed by atoms with Crippen molar-refractivity contribution in [2.45, 2.75) is 40.9 Å². The van der Waals surface area contributed by atoms with E-state index >= 15 is 0 Å². The molecule has 0 amide bonds. The largest absolute Gasteiger partial charge is 0.472 e. The molecule has 0 aliphatic carbocycles. The first-order valence-corrected chi connectivity index (χ1v) is 12.4. The zero-order valence-corrected chi connectivity index (χ0v) is 23.0. The summed E-state index contributed by atoms with van der Waals surface area (Å²) >= 11 is 12.0. The lowest BCUT2D eigenvalue weighted by Crippen LogP contribution is -2.02. The normalized spacial score (nSPS) is 10.4. The minimum absolute atomic E-state index is 0.113. The molecule has 0 atom stereocenters. The lowest BCUT2D eigenvalue weighted by molar-refractivity contribution is -0.385. The quantitative estimate of drug-likeness (QED) is 0.187. The fourth-order valence-electron chi connectivity index (χ4n) is 3.35. The molecule has 0 unspecified atom stereocenters. The Bertz CT molecular complexity index is 1450. The average Bonchev–Trinajstić information content (AvgIpc) is 2.87. The van der Waals surface area contributed by atoms with E-state index in [9.17, 15) is 10.1 Å². The molecule has 2 aromatic heterocycles. The maximum atomic E-state index is 10.8. The SMILES string of the molecule is Cc1ccccc1COc1nc(C)c(N)cc1Cl.Cc1ccccc1COc1nc(C)c([N+](=O)[O-])cc1Cl. The van der Waals surface area contributed by atoms with Crippen LogP contribution in [0.5, 0.6) is 11.8 Å². The predicted octanol–water partition coefficient (Wildman–Crippen LogP) is 7.35. The van der Waals surface area contributed by atoms with Gasteiger partial charge in [-0.05, 0) is 56.0 Å². The van der Waals surface area contributed by atoms with Gasteiger partial charge in [0.15, 0.2) is 0 Å². The molecule has 4 aromatic rings. The van der Waals surface area contributed by atoms with Gasteiger partial charge in [-0.3, -0.25) is 10.1 Å². The van der Waals surface area contributed by atoms with E-state index in [0.717, 1.165) is 22.4 Å². The molecule has 0 spiro atoms. The summed E-state index contributed by atoms with van der Waals surface area (Å²) in [6.45, 7) is 8.16. The van der Waals surface area contributed by atoms with E-state index in [0.29, 0.717) is 29.8 Å². The first-order valence-electron chi connectivity index (χ1n) is 11.7. The number of rotatable bonds is 7. The van der Waals surface area contributed by atoms with E-state index in [-0.39, 0.29) is 22.3 Å². The predicted molar refractivity (Wildman–Crippen MR) is 150 cm³/mol. The van der Waals surface area contributed by atoms with Crippen molar-refractivity contribution >= 4 is 34.6 Å². The Labute approximate surface area is 231 Å². The van der Waals surface area contributed by atoms with Crippen molar-refractivity contribution in [1.29, 1.82) is 0 Å². The number of ether oxygens (including phenoxy) is 2. The van der Waals surface area contributed by atoms with Gasteiger partial charge < -0.3 is 15.2 Å². The number of hydrogen-bond donors (Lipinski definition) is 1. The summed E-state index contributed by atoms with van der Waals surface area (Å²) in [5.41, 5.74) is 11.6. The smallest absolute Gasteiger partial charge is 0.292 e. The summed E-state index contributed by atoms with van der Waals surface area (Å²) in [6, 6.07) is 18.8. The number of aromatic nitrogens is 2. The highest BCUT2D eigenvalue weighted by Gasteiger charge is 2.17. The Kier molecular flexibility index (Phi) is 9.87. The highest BCUT2D eigenvalue weighted by molar-refractivity contribution is 6.32. The van der Waals surface area contributed by atoms with Crippen molar-refractivity contribution in [3.63, 3.8) is 0 Å². The van der Waals surface area contributed by atoms with E-state index in [4.69, 9.17) is 38.4 Å².